The monoisotopic (exact) mass is 224 g/mol. The predicted molar refractivity (Wildman–Crippen MR) is 64.9 cm³/mol. The van der Waals surface area contributed by atoms with Crippen LogP contribution >= 0.6 is 0 Å². The van der Waals surface area contributed by atoms with Gasteiger partial charge in [0, 0.05) is 13.3 Å². The van der Waals surface area contributed by atoms with Crippen LogP contribution in [0.5, 0.6) is 5.75 Å². The lowest BCUT2D eigenvalue weighted by Gasteiger charge is -2.22. The van der Waals surface area contributed by atoms with Gasteiger partial charge >= 0.3 is 0 Å². The molecule has 4 heteroatoms. The lowest BCUT2D eigenvalue weighted by Crippen LogP contribution is -2.30. The van der Waals surface area contributed by atoms with Crippen molar-refractivity contribution in [3.63, 3.8) is 0 Å². The number of rotatable bonds is 6. The van der Waals surface area contributed by atoms with Crippen molar-refractivity contribution in [3.05, 3.63) is 18.3 Å². The Morgan fingerprint density at radius 3 is 2.69 bits per heavy atom. The van der Waals surface area contributed by atoms with Gasteiger partial charge in [0.15, 0.2) is 11.6 Å². The van der Waals surface area contributed by atoms with Gasteiger partial charge in [-0.25, -0.2) is 4.98 Å². The average molecular weight is 224 g/mol. The minimum Gasteiger partial charge on any atom is -0.493 e. The van der Waals surface area contributed by atoms with Crippen LogP contribution in [0, 0.1) is 5.92 Å². The average Bonchev–Trinajstić information content (AvgIpc) is 2.29. The first-order valence-corrected chi connectivity index (χ1v) is 5.43. The summed E-state index contributed by atoms with van der Waals surface area (Å²) in [6.45, 7) is 4.94. The molecule has 1 unspecified atom stereocenters. The number of methoxy groups -OCH3 is 2. The third-order valence-corrected chi connectivity index (χ3v) is 2.46. The maximum Gasteiger partial charge on any atom is 0.169 e. The van der Waals surface area contributed by atoms with Gasteiger partial charge in [-0.3, -0.25) is 0 Å². The minimum atomic E-state index is 0.230. The topological polar surface area (TPSA) is 43.4 Å². The SMILES string of the molecule is COCC(Nc1ncccc1OC)C(C)C. The third-order valence-electron chi connectivity index (χ3n) is 2.46. The summed E-state index contributed by atoms with van der Waals surface area (Å²) in [5.74, 6) is 1.98. The van der Waals surface area contributed by atoms with Gasteiger partial charge in [-0.05, 0) is 18.1 Å². The molecule has 1 rings (SSSR count). The fourth-order valence-electron chi connectivity index (χ4n) is 1.42. The van der Waals surface area contributed by atoms with Gasteiger partial charge in [-0.15, -0.1) is 0 Å². The quantitative estimate of drug-likeness (QED) is 0.804. The summed E-state index contributed by atoms with van der Waals surface area (Å²) in [4.78, 5) is 4.26. The molecule has 90 valence electrons. The Kier molecular flexibility index (Phi) is 5.05. The number of nitrogens with zero attached hydrogens (tertiary/aromatic N) is 1. The summed E-state index contributed by atoms with van der Waals surface area (Å²) in [7, 11) is 3.34. The zero-order valence-corrected chi connectivity index (χ0v) is 10.4. The molecular formula is C12H20N2O2. The fourth-order valence-corrected chi connectivity index (χ4v) is 1.42. The van der Waals surface area contributed by atoms with E-state index in [-0.39, 0.29) is 6.04 Å². The molecule has 4 nitrogen and oxygen atoms in total. The first-order chi connectivity index (χ1) is 7.69. The summed E-state index contributed by atoms with van der Waals surface area (Å²) >= 11 is 0. The zero-order chi connectivity index (χ0) is 12.0. The van der Waals surface area contributed by atoms with Crippen molar-refractivity contribution in [2.45, 2.75) is 19.9 Å². The molecule has 0 aliphatic heterocycles. The van der Waals surface area contributed by atoms with E-state index in [4.69, 9.17) is 9.47 Å². The molecule has 1 heterocycles. The summed E-state index contributed by atoms with van der Waals surface area (Å²) in [6.07, 6.45) is 1.75. The Morgan fingerprint density at radius 2 is 2.12 bits per heavy atom. The van der Waals surface area contributed by atoms with Crippen molar-refractivity contribution >= 4 is 5.82 Å². The van der Waals surface area contributed by atoms with Crippen LogP contribution in [0.15, 0.2) is 18.3 Å². The van der Waals surface area contributed by atoms with E-state index in [1.54, 1.807) is 20.4 Å². The number of nitrogens with one attached hydrogen (secondary N) is 1. The lowest BCUT2D eigenvalue weighted by molar-refractivity contribution is 0.171. The number of hydrogen-bond donors (Lipinski definition) is 1. The van der Waals surface area contributed by atoms with Crippen LogP contribution < -0.4 is 10.1 Å². The van der Waals surface area contributed by atoms with Crippen LogP contribution in [0.3, 0.4) is 0 Å². The molecule has 0 fully saturated rings. The van der Waals surface area contributed by atoms with Gasteiger partial charge in [0.1, 0.15) is 0 Å². The Labute approximate surface area is 97.0 Å². The molecule has 0 aliphatic carbocycles. The van der Waals surface area contributed by atoms with Crippen LogP contribution in [0.25, 0.3) is 0 Å². The highest BCUT2D eigenvalue weighted by atomic mass is 16.5. The van der Waals surface area contributed by atoms with Crippen LogP contribution in [0.1, 0.15) is 13.8 Å². The standard InChI is InChI=1S/C12H20N2O2/c1-9(2)10(8-15-3)14-12-11(16-4)6-5-7-13-12/h5-7,9-10H,8H2,1-4H3,(H,13,14). The van der Waals surface area contributed by atoms with Gasteiger partial charge in [0.2, 0.25) is 0 Å². The predicted octanol–water partition coefficient (Wildman–Crippen LogP) is 2.17. The number of pyridine rings is 1. The highest BCUT2D eigenvalue weighted by Crippen LogP contribution is 2.22. The molecule has 0 bridgehead atoms. The molecule has 0 amide bonds. The van der Waals surface area contributed by atoms with E-state index in [0.29, 0.717) is 12.5 Å². The van der Waals surface area contributed by atoms with E-state index in [1.165, 1.54) is 0 Å². The second-order valence-electron chi connectivity index (χ2n) is 4.00. The Bertz CT molecular complexity index is 316. The van der Waals surface area contributed by atoms with E-state index in [1.807, 2.05) is 12.1 Å². The van der Waals surface area contributed by atoms with Crippen molar-refractivity contribution in [1.82, 2.24) is 4.98 Å². The lowest BCUT2D eigenvalue weighted by atomic mass is 10.1. The van der Waals surface area contributed by atoms with E-state index in [9.17, 15) is 0 Å². The number of hydrogen-bond acceptors (Lipinski definition) is 4. The second-order valence-corrected chi connectivity index (χ2v) is 4.00. The minimum absolute atomic E-state index is 0.230. The largest absolute Gasteiger partial charge is 0.493 e. The van der Waals surface area contributed by atoms with Gasteiger partial charge in [0.05, 0.1) is 19.8 Å². The molecule has 0 saturated carbocycles. The molecule has 0 spiro atoms. The normalized spacial score (nSPS) is 12.6. The first kappa shape index (κ1) is 12.8. The number of ether oxygens (including phenoxy) is 2. The van der Waals surface area contributed by atoms with Crippen LogP contribution in [0.2, 0.25) is 0 Å². The van der Waals surface area contributed by atoms with Gasteiger partial charge in [0.25, 0.3) is 0 Å². The third kappa shape index (κ3) is 3.38. The summed E-state index contributed by atoms with van der Waals surface area (Å²) in [6, 6.07) is 3.97. The molecule has 0 aliphatic rings. The zero-order valence-electron chi connectivity index (χ0n) is 10.4. The van der Waals surface area contributed by atoms with E-state index < -0.39 is 0 Å². The highest BCUT2D eigenvalue weighted by molar-refractivity contribution is 5.50. The van der Waals surface area contributed by atoms with Crippen LogP contribution in [-0.4, -0.2) is 31.9 Å². The Morgan fingerprint density at radius 1 is 1.38 bits per heavy atom. The summed E-state index contributed by atoms with van der Waals surface area (Å²) in [5, 5.41) is 3.34. The maximum atomic E-state index is 5.24. The van der Waals surface area contributed by atoms with Crippen molar-refractivity contribution in [1.29, 1.82) is 0 Å². The van der Waals surface area contributed by atoms with E-state index in [0.717, 1.165) is 11.6 Å². The number of anilines is 1. The Hall–Kier alpha value is -1.29. The fraction of sp³-hybridized carbons (Fsp3) is 0.583. The summed E-state index contributed by atoms with van der Waals surface area (Å²) < 4.78 is 10.4. The van der Waals surface area contributed by atoms with Crippen molar-refractivity contribution in [3.8, 4) is 5.75 Å². The molecule has 1 atom stereocenters. The molecule has 0 aromatic carbocycles. The van der Waals surface area contributed by atoms with Gasteiger partial charge < -0.3 is 14.8 Å². The number of aromatic nitrogens is 1. The van der Waals surface area contributed by atoms with E-state index >= 15 is 0 Å². The van der Waals surface area contributed by atoms with E-state index in [2.05, 4.69) is 24.1 Å². The molecule has 1 N–H and O–H groups in total. The van der Waals surface area contributed by atoms with Gasteiger partial charge in [-0.1, -0.05) is 13.8 Å². The Balaban J connectivity index is 2.76. The molecule has 0 radical (unpaired) electrons. The molecule has 1 aromatic heterocycles. The molecule has 0 saturated heterocycles. The molecule has 16 heavy (non-hydrogen) atoms. The van der Waals surface area contributed by atoms with Crippen molar-refractivity contribution in [2.75, 3.05) is 26.1 Å². The summed E-state index contributed by atoms with van der Waals surface area (Å²) in [5.41, 5.74) is 0. The molecule has 1 aromatic rings. The highest BCUT2D eigenvalue weighted by Gasteiger charge is 2.15. The van der Waals surface area contributed by atoms with Crippen LogP contribution in [-0.2, 0) is 4.74 Å². The van der Waals surface area contributed by atoms with Crippen molar-refractivity contribution in [2.24, 2.45) is 5.92 Å². The van der Waals surface area contributed by atoms with Crippen molar-refractivity contribution < 1.29 is 9.47 Å². The first-order valence-electron chi connectivity index (χ1n) is 5.43. The van der Waals surface area contributed by atoms with Crippen LogP contribution in [0.4, 0.5) is 5.82 Å². The van der Waals surface area contributed by atoms with Gasteiger partial charge in [-0.2, -0.15) is 0 Å². The smallest absolute Gasteiger partial charge is 0.169 e. The molecular weight excluding hydrogens is 204 g/mol. The second kappa shape index (κ2) is 6.33. The maximum absolute atomic E-state index is 5.24.